The van der Waals surface area contributed by atoms with Gasteiger partial charge in [-0.2, -0.15) is 0 Å². The van der Waals surface area contributed by atoms with Gasteiger partial charge in [-0.05, 0) is 74.7 Å². The van der Waals surface area contributed by atoms with E-state index in [-0.39, 0.29) is 5.91 Å². The first-order valence-corrected chi connectivity index (χ1v) is 10.1. The summed E-state index contributed by atoms with van der Waals surface area (Å²) >= 11 is 0. The van der Waals surface area contributed by atoms with Crippen molar-refractivity contribution >= 4 is 28.8 Å². The zero-order valence-corrected chi connectivity index (χ0v) is 16.7. The molecule has 1 saturated heterocycles. The number of hydrogen-bond donors (Lipinski definition) is 2. The lowest BCUT2D eigenvalue weighted by molar-refractivity contribution is 0.102. The lowest BCUT2D eigenvalue weighted by Crippen LogP contribution is -2.29. The lowest BCUT2D eigenvalue weighted by atomic mass is 10.1. The summed E-state index contributed by atoms with van der Waals surface area (Å²) in [5, 5.41) is 6.20. The number of carbonyl (C=O) groups excluding carboxylic acids is 1. The highest BCUT2D eigenvalue weighted by atomic mass is 16.1. The molecule has 1 aromatic heterocycles. The second-order valence-corrected chi connectivity index (χ2v) is 7.48. The Morgan fingerprint density at radius 1 is 0.931 bits per heavy atom. The summed E-state index contributed by atoms with van der Waals surface area (Å²) < 4.78 is 0. The van der Waals surface area contributed by atoms with Crippen molar-refractivity contribution in [3.05, 3.63) is 78.0 Å². The maximum atomic E-state index is 12.3. The Morgan fingerprint density at radius 2 is 1.69 bits per heavy atom. The van der Waals surface area contributed by atoms with Gasteiger partial charge in [-0.25, -0.2) is 4.98 Å². The summed E-state index contributed by atoms with van der Waals surface area (Å²) in [6.07, 6.45) is 5.55. The van der Waals surface area contributed by atoms with Crippen LogP contribution in [0.4, 0.5) is 22.9 Å². The zero-order valence-electron chi connectivity index (χ0n) is 16.7. The second kappa shape index (κ2) is 8.78. The summed E-state index contributed by atoms with van der Waals surface area (Å²) in [5.41, 5.74) is 4.64. The van der Waals surface area contributed by atoms with Gasteiger partial charge in [-0.3, -0.25) is 4.79 Å². The van der Waals surface area contributed by atoms with Crippen LogP contribution in [-0.4, -0.2) is 24.0 Å². The van der Waals surface area contributed by atoms with Crippen LogP contribution >= 0.6 is 0 Å². The van der Waals surface area contributed by atoms with E-state index in [4.69, 9.17) is 0 Å². The van der Waals surface area contributed by atoms with E-state index in [1.54, 1.807) is 12.3 Å². The minimum atomic E-state index is -0.135. The molecule has 0 spiro atoms. The van der Waals surface area contributed by atoms with Gasteiger partial charge in [0, 0.05) is 30.0 Å². The van der Waals surface area contributed by atoms with Gasteiger partial charge >= 0.3 is 0 Å². The molecule has 1 amide bonds. The van der Waals surface area contributed by atoms with Gasteiger partial charge in [0.2, 0.25) is 0 Å². The fourth-order valence-corrected chi connectivity index (χ4v) is 3.59. The van der Waals surface area contributed by atoms with Crippen molar-refractivity contribution in [1.82, 2.24) is 4.98 Å². The molecule has 29 heavy (non-hydrogen) atoms. The number of nitrogens with zero attached hydrogens (tertiary/aromatic N) is 2. The molecule has 1 aliphatic rings. The molecule has 0 unspecified atom stereocenters. The molecule has 0 radical (unpaired) electrons. The van der Waals surface area contributed by atoms with E-state index in [1.807, 2.05) is 37.3 Å². The zero-order chi connectivity index (χ0) is 20.1. The average molecular weight is 386 g/mol. The second-order valence-electron chi connectivity index (χ2n) is 7.48. The predicted octanol–water partition coefficient (Wildman–Crippen LogP) is 5.38. The number of anilines is 4. The number of nitrogens with one attached hydrogen (secondary N) is 2. The predicted molar refractivity (Wildman–Crippen MR) is 119 cm³/mol. The number of aryl methyl sites for hydroxylation is 1. The molecule has 0 aliphatic carbocycles. The summed E-state index contributed by atoms with van der Waals surface area (Å²) in [7, 11) is 0. The minimum Gasteiger partial charge on any atom is -0.372 e. The van der Waals surface area contributed by atoms with Crippen LogP contribution in [0.2, 0.25) is 0 Å². The van der Waals surface area contributed by atoms with Crippen LogP contribution in [0.3, 0.4) is 0 Å². The molecule has 0 saturated carbocycles. The largest absolute Gasteiger partial charge is 0.372 e. The third-order valence-electron chi connectivity index (χ3n) is 5.16. The van der Waals surface area contributed by atoms with E-state index in [2.05, 4.69) is 44.8 Å². The first kappa shape index (κ1) is 19.0. The number of pyridine rings is 1. The molecule has 148 valence electrons. The average Bonchev–Trinajstić information content (AvgIpc) is 2.76. The smallest absolute Gasteiger partial charge is 0.255 e. The van der Waals surface area contributed by atoms with Gasteiger partial charge in [0.05, 0.1) is 11.9 Å². The SMILES string of the molecule is Cc1cccc(C(=O)Nc2ccc(Nc3ccc(N4CCCCC4)cc3)nc2)c1. The number of benzene rings is 2. The number of aromatic nitrogens is 1. The normalized spacial score (nSPS) is 13.8. The number of amides is 1. The van der Waals surface area contributed by atoms with E-state index >= 15 is 0 Å². The van der Waals surface area contributed by atoms with Gasteiger partial charge in [-0.15, -0.1) is 0 Å². The Labute approximate surface area is 171 Å². The van der Waals surface area contributed by atoms with Crippen LogP contribution in [0.15, 0.2) is 66.9 Å². The van der Waals surface area contributed by atoms with Crippen LogP contribution in [-0.2, 0) is 0 Å². The Balaban J connectivity index is 1.36. The third-order valence-corrected chi connectivity index (χ3v) is 5.16. The van der Waals surface area contributed by atoms with Crippen LogP contribution in [0.25, 0.3) is 0 Å². The van der Waals surface area contributed by atoms with Crippen LogP contribution in [0.1, 0.15) is 35.2 Å². The molecular formula is C24H26N4O. The van der Waals surface area contributed by atoms with E-state index in [9.17, 15) is 4.79 Å². The van der Waals surface area contributed by atoms with Crippen molar-refractivity contribution < 1.29 is 4.79 Å². The topological polar surface area (TPSA) is 57.3 Å². The first-order chi connectivity index (χ1) is 14.2. The van der Waals surface area contributed by atoms with Crippen LogP contribution in [0.5, 0.6) is 0 Å². The number of carbonyl (C=O) groups is 1. The standard InChI is InChI=1S/C24H26N4O/c1-18-6-5-7-19(16-18)24(29)27-21-10-13-23(25-17-21)26-20-8-11-22(12-9-20)28-14-3-2-4-15-28/h5-13,16-17H,2-4,14-15H2,1H3,(H,25,26)(H,27,29). The van der Waals surface area contributed by atoms with Crippen molar-refractivity contribution in [3.8, 4) is 0 Å². The van der Waals surface area contributed by atoms with Crippen LogP contribution in [0, 0.1) is 6.92 Å². The molecule has 5 nitrogen and oxygen atoms in total. The van der Waals surface area contributed by atoms with Crippen molar-refractivity contribution in [3.63, 3.8) is 0 Å². The summed E-state index contributed by atoms with van der Waals surface area (Å²) in [6, 6.07) is 19.7. The Bertz CT molecular complexity index is 961. The lowest BCUT2D eigenvalue weighted by Gasteiger charge is -2.28. The molecule has 0 bridgehead atoms. The van der Waals surface area contributed by atoms with Gasteiger partial charge in [0.15, 0.2) is 0 Å². The molecule has 1 fully saturated rings. The van der Waals surface area contributed by atoms with E-state index < -0.39 is 0 Å². The highest BCUT2D eigenvalue weighted by Gasteiger charge is 2.10. The number of piperidine rings is 1. The van der Waals surface area contributed by atoms with E-state index in [0.717, 1.165) is 30.2 Å². The quantitative estimate of drug-likeness (QED) is 0.618. The highest BCUT2D eigenvalue weighted by molar-refractivity contribution is 6.04. The first-order valence-electron chi connectivity index (χ1n) is 10.1. The summed E-state index contributed by atoms with van der Waals surface area (Å²) in [4.78, 5) is 19.2. The van der Waals surface area contributed by atoms with Gasteiger partial charge in [0.1, 0.15) is 5.82 Å². The van der Waals surface area contributed by atoms with Gasteiger partial charge < -0.3 is 15.5 Å². The molecule has 2 heterocycles. The molecule has 1 aliphatic heterocycles. The van der Waals surface area contributed by atoms with Gasteiger partial charge in [0.25, 0.3) is 5.91 Å². The maximum absolute atomic E-state index is 12.3. The fraction of sp³-hybridized carbons (Fsp3) is 0.250. The number of rotatable bonds is 5. The highest BCUT2D eigenvalue weighted by Crippen LogP contribution is 2.23. The molecule has 0 atom stereocenters. The summed E-state index contributed by atoms with van der Waals surface area (Å²) in [6.45, 7) is 4.26. The molecule has 3 aromatic rings. The molecule has 2 N–H and O–H groups in total. The monoisotopic (exact) mass is 386 g/mol. The van der Waals surface area contributed by atoms with Crippen LogP contribution < -0.4 is 15.5 Å². The van der Waals surface area contributed by atoms with E-state index in [1.165, 1.54) is 24.9 Å². The van der Waals surface area contributed by atoms with E-state index in [0.29, 0.717) is 11.3 Å². The Morgan fingerprint density at radius 3 is 2.38 bits per heavy atom. The van der Waals surface area contributed by atoms with Crippen molar-refractivity contribution in [2.45, 2.75) is 26.2 Å². The summed E-state index contributed by atoms with van der Waals surface area (Å²) in [5.74, 6) is 0.605. The minimum absolute atomic E-state index is 0.135. The fourth-order valence-electron chi connectivity index (χ4n) is 3.59. The third kappa shape index (κ3) is 4.93. The van der Waals surface area contributed by atoms with Crippen molar-refractivity contribution in [1.29, 1.82) is 0 Å². The van der Waals surface area contributed by atoms with Crippen molar-refractivity contribution in [2.75, 3.05) is 28.6 Å². The Hall–Kier alpha value is -3.34. The number of hydrogen-bond acceptors (Lipinski definition) is 4. The van der Waals surface area contributed by atoms with Crippen molar-refractivity contribution in [2.24, 2.45) is 0 Å². The molecule has 2 aromatic carbocycles. The molecule has 5 heteroatoms. The maximum Gasteiger partial charge on any atom is 0.255 e. The molecule has 4 rings (SSSR count). The Kier molecular flexibility index (Phi) is 5.75. The molecular weight excluding hydrogens is 360 g/mol. The van der Waals surface area contributed by atoms with Gasteiger partial charge in [-0.1, -0.05) is 17.7 Å².